The number of carbonyl (C=O) groups excluding carboxylic acids is 2. The number of rotatable bonds is 7. The van der Waals surface area contributed by atoms with Gasteiger partial charge in [-0.3, -0.25) is 14.2 Å². The number of nitrogens with zero attached hydrogens (tertiary/aromatic N) is 2. The van der Waals surface area contributed by atoms with Gasteiger partial charge < -0.3 is 5.32 Å². The van der Waals surface area contributed by atoms with Crippen molar-refractivity contribution in [2.24, 2.45) is 0 Å². The molecule has 0 unspecified atom stereocenters. The third-order valence-corrected chi connectivity index (χ3v) is 7.47. The molecule has 0 spiro atoms. The van der Waals surface area contributed by atoms with Crippen LogP contribution in [0.2, 0.25) is 0 Å². The van der Waals surface area contributed by atoms with Crippen LogP contribution < -0.4 is 10.0 Å². The Morgan fingerprint density at radius 1 is 0.943 bits per heavy atom. The molecule has 1 aromatic heterocycles. The van der Waals surface area contributed by atoms with E-state index in [1.807, 2.05) is 0 Å². The second-order valence-electron chi connectivity index (χ2n) is 8.55. The fourth-order valence-electron chi connectivity index (χ4n) is 4.02. The highest BCUT2D eigenvalue weighted by atomic mass is 32.2. The van der Waals surface area contributed by atoms with Gasteiger partial charge in [0.1, 0.15) is 6.33 Å². The summed E-state index contributed by atoms with van der Waals surface area (Å²) in [5.41, 5.74) is 1.76. The van der Waals surface area contributed by atoms with E-state index in [1.165, 1.54) is 35.3 Å². The lowest BCUT2D eigenvalue weighted by atomic mass is 10.1. The van der Waals surface area contributed by atoms with E-state index in [4.69, 9.17) is 0 Å². The Bertz CT molecular complexity index is 1270. The van der Waals surface area contributed by atoms with E-state index in [1.54, 1.807) is 48.7 Å². The van der Waals surface area contributed by atoms with Crippen molar-refractivity contribution in [3.63, 3.8) is 0 Å². The van der Waals surface area contributed by atoms with E-state index >= 15 is 0 Å². The Morgan fingerprint density at radius 3 is 2.26 bits per heavy atom. The van der Waals surface area contributed by atoms with Gasteiger partial charge in [0.25, 0.3) is 5.91 Å². The lowest BCUT2D eigenvalue weighted by Gasteiger charge is -2.16. The summed E-state index contributed by atoms with van der Waals surface area (Å²) >= 11 is 0. The van der Waals surface area contributed by atoms with Crippen LogP contribution in [0, 0.1) is 0 Å². The number of amides is 1. The van der Waals surface area contributed by atoms with Crippen molar-refractivity contribution in [2.75, 3.05) is 5.32 Å². The van der Waals surface area contributed by atoms with Crippen LogP contribution >= 0.6 is 0 Å². The number of hydrogen-bond donors (Lipinski definition) is 2. The topological polar surface area (TPSA) is 110 Å². The van der Waals surface area contributed by atoms with E-state index in [2.05, 4.69) is 15.0 Å². The monoisotopic (exact) mass is 492 g/mol. The minimum Gasteiger partial charge on any atom is -0.323 e. The number of hydrogen-bond acceptors (Lipinski definition) is 5. The SMILES string of the molecule is O=C(/C=C/c1ccc(C(=O)n2ccnc2)cc1)Nc1ccc(S(=O)(=O)NC2CCCCCC2)cc1. The van der Waals surface area contributed by atoms with E-state index in [0.29, 0.717) is 11.3 Å². The zero-order valence-corrected chi connectivity index (χ0v) is 20.1. The minimum atomic E-state index is -3.60. The predicted molar refractivity (Wildman–Crippen MR) is 134 cm³/mol. The van der Waals surface area contributed by atoms with Gasteiger partial charge in [-0.2, -0.15) is 0 Å². The summed E-state index contributed by atoms with van der Waals surface area (Å²) in [6, 6.07) is 13.0. The van der Waals surface area contributed by atoms with Crippen LogP contribution in [0.4, 0.5) is 5.69 Å². The molecule has 8 nitrogen and oxygen atoms in total. The molecule has 1 saturated carbocycles. The number of imidazole rings is 1. The Hall–Kier alpha value is -3.56. The maximum atomic E-state index is 12.7. The first-order chi connectivity index (χ1) is 16.9. The van der Waals surface area contributed by atoms with E-state index < -0.39 is 10.0 Å². The first-order valence-corrected chi connectivity index (χ1v) is 13.1. The molecule has 182 valence electrons. The van der Waals surface area contributed by atoms with Crippen LogP contribution in [0.3, 0.4) is 0 Å². The molecule has 0 aliphatic heterocycles. The summed E-state index contributed by atoms with van der Waals surface area (Å²) in [7, 11) is -3.60. The minimum absolute atomic E-state index is 0.0231. The summed E-state index contributed by atoms with van der Waals surface area (Å²) in [6.07, 6.45) is 13.7. The second kappa shape index (κ2) is 11.2. The highest BCUT2D eigenvalue weighted by molar-refractivity contribution is 7.89. The molecular weight excluding hydrogens is 464 g/mol. The largest absolute Gasteiger partial charge is 0.323 e. The molecule has 0 bridgehead atoms. The number of aromatic nitrogens is 2. The van der Waals surface area contributed by atoms with Crippen molar-refractivity contribution in [2.45, 2.75) is 49.5 Å². The molecule has 1 amide bonds. The number of nitrogens with one attached hydrogen (secondary N) is 2. The fraction of sp³-hybridized carbons (Fsp3) is 0.269. The van der Waals surface area contributed by atoms with Gasteiger partial charge in [-0.15, -0.1) is 0 Å². The Labute approximate surface area is 205 Å². The molecule has 1 aliphatic carbocycles. The maximum Gasteiger partial charge on any atom is 0.263 e. The molecule has 2 aromatic carbocycles. The van der Waals surface area contributed by atoms with Gasteiger partial charge >= 0.3 is 0 Å². The lowest BCUT2D eigenvalue weighted by molar-refractivity contribution is -0.111. The van der Waals surface area contributed by atoms with Gasteiger partial charge in [-0.25, -0.2) is 18.1 Å². The van der Waals surface area contributed by atoms with Gasteiger partial charge in [-0.1, -0.05) is 37.8 Å². The smallest absolute Gasteiger partial charge is 0.263 e. The van der Waals surface area contributed by atoms with E-state index in [-0.39, 0.29) is 22.8 Å². The zero-order valence-electron chi connectivity index (χ0n) is 19.3. The third-order valence-electron chi connectivity index (χ3n) is 5.93. The highest BCUT2D eigenvalue weighted by Crippen LogP contribution is 2.20. The Balaban J connectivity index is 1.32. The second-order valence-corrected chi connectivity index (χ2v) is 10.3. The van der Waals surface area contributed by atoms with Crippen molar-refractivity contribution in [3.05, 3.63) is 84.5 Å². The average molecular weight is 493 g/mol. The summed E-state index contributed by atoms with van der Waals surface area (Å²) < 4.78 is 29.6. The van der Waals surface area contributed by atoms with Crippen molar-refractivity contribution in [1.82, 2.24) is 14.3 Å². The van der Waals surface area contributed by atoms with Crippen LogP contribution in [-0.2, 0) is 14.8 Å². The molecule has 1 heterocycles. The van der Waals surface area contributed by atoms with Gasteiger partial charge in [0.2, 0.25) is 15.9 Å². The third kappa shape index (κ3) is 6.74. The molecule has 35 heavy (non-hydrogen) atoms. The number of sulfonamides is 1. The summed E-state index contributed by atoms with van der Waals surface area (Å²) in [4.78, 5) is 28.6. The highest BCUT2D eigenvalue weighted by Gasteiger charge is 2.21. The molecule has 0 atom stereocenters. The standard InChI is InChI=1S/C26H28N4O4S/c31-25(16-9-20-7-10-21(11-8-20)26(32)30-18-17-27-19-30)28-22-12-14-24(15-13-22)35(33,34)29-23-5-3-1-2-4-6-23/h7-19,23,29H,1-6H2,(H,28,31)/b16-9+. The first kappa shape index (κ1) is 24.6. The van der Waals surface area contributed by atoms with E-state index in [0.717, 1.165) is 44.1 Å². The molecule has 3 aromatic rings. The lowest BCUT2D eigenvalue weighted by Crippen LogP contribution is -2.34. The normalized spacial score (nSPS) is 15.1. The molecule has 4 rings (SSSR count). The molecule has 0 radical (unpaired) electrons. The predicted octanol–water partition coefficient (Wildman–Crippen LogP) is 4.22. The van der Waals surface area contributed by atoms with E-state index in [9.17, 15) is 18.0 Å². The van der Waals surface area contributed by atoms with Crippen molar-refractivity contribution < 1.29 is 18.0 Å². The van der Waals surface area contributed by atoms with Gasteiger partial charge in [-0.05, 0) is 60.9 Å². The van der Waals surface area contributed by atoms with Crippen molar-refractivity contribution in [1.29, 1.82) is 0 Å². The first-order valence-electron chi connectivity index (χ1n) is 11.6. The van der Waals surface area contributed by atoms with Gasteiger partial charge in [0.15, 0.2) is 0 Å². The molecule has 1 aliphatic rings. The number of carbonyl (C=O) groups is 2. The summed E-state index contributed by atoms with van der Waals surface area (Å²) in [5, 5.41) is 2.72. The van der Waals surface area contributed by atoms with Crippen molar-refractivity contribution in [3.8, 4) is 0 Å². The van der Waals surface area contributed by atoms with Crippen LogP contribution in [0.1, 0.15) is 54.4 Å². The molecule has 9 heteroatoms. The number of benzene rings is 2. The van der Waals surface area contributed by atoms with Crippen LogP contribution in [0.5, 0.6) is 0 Å². The Morgan fingerprint density at radius 2 is 1.63 bits per heavy atom. The van der Waals surface area contributed by atoms with Crippen LogP contribution in [0.15, 0.2) is 78.2 Å². The fourth-order valence-corrected chi connectivity index (χ4v) is 5.33. The molecule has 1 fully saturated rings. The average Bonchev–Trinajstić information content (AvgIpc) is 3.28. The van der Waals surface area contributed by atoms with Crippen LogP contribution in [0.25, 0.3) is 6.08 Å². The maximum absolute atomic E-state index is 12.7. The summed E-state index contributed by atoms with van der Waals surface area (Å²) in [5.74, 6) is -0.540. The van der Waals surface area contributed by atoms with Crippen molar-refractivity contribution >= 4 is 33.6 Å². The summed E-state index contributed by atoms with van der Waals surface area (Å²) in [6.45, 7) is 0. The zero-order chi connectivity index (χ0) is 24.7. The van der Waals surface area contributed by atoms with Gasteiger partial charge in [0.05, 0.1) is 4.90 Å². The number of anilines is 1. The Kier molecular flexibility index (Phi) is 7.89. The quantitative estimate of drug-likeness (QED) is 0.379. The molecule has 2 N–H and O–H groups in total. The van der Waals surface area contributed by atoms with Gasteiger partial charge in [0, 0.05) is 35.8 Å². The van der Waals surface area contributed by atoms with Crippen LogP contribution in [-0.4, -0.2) is 35.8 Å². The molecule has 0 saturated heterocycles. The molecular formula is C26H28N4O4S.